The number of thioether (sulfide) groups is 1. The van der Waals surface area contributed by atoms with Crippen LogP contribution in [-0.2, 0) is 0 Å². The lowest BCUT2D eigenvalue weighted by Gasteiger charge is -2.00. The Hall–Kier alpha value is -1.69. The molecule has 3 rings (SSSR count). The van der Waals surface area contributed by atoms with Gasteiger partial charge in [-0.25, -0.2) is 13.8 Å². The highest BCUT2D eigenvalue weighted by atomic mass is 32.2. The number of rotatable bonds is 1. The number of nitrogens with zero attached hydrogens (tertiary/aromatic N) is 2. The number of hydrogen-bond donors (Lipinski definition) is 0. The molecule has 0 aliphatic carbocycles. The molecule has 1 aromatic heterocycles. The Morgan fingerprint density at radius 3 is 2.65 bits per heavy atom. The molecule has 17 heavy (non-hydrogen) atoms. The standard InChI is InChI=1S/C11H6F2N2OS/c12-6-2-1-3-7(13)10(6)8-4-15-9(16)5-17-11(15)14-8/h1-4H,5H2. The van der Waals surface area contributed by atoms with E-state index in [1.807, 2.05) is 0 Å². The highest BCUT2D eigenvalue weighted by molar-refractivity contribution is 8.00. The summed E-state index contributed by atoms with van der Waals surface area (Å²) in [5, 5.41) is 0.479. The fourth-order valence-corrected chi connectivity index (χ4v) is 2.55. The Morgan fingerprint density at radius 2 is 2.00 bits per heavy atom. The summed E-state index contributed by atoms with van der Waals surface area (Å²) in [6.07, 6.45) is 1.37. The minimum Gasteiger partial charge on any atom is -0.273 e. The fraction of sp³-hybridized carbons (Fsp3) is 0.0909. The Labute approximate surface area is 99.5 Å². The monoisotopic (exact) mass is 252 g/mol. The number of benzene rings is 1. The first-order chi connectivity index (χ1) is 8.16. The predicted octanol–water partition coefficient (Wildman–Crippen LogP) is 2.57. The number of imidazole rings is 1. The van der Waals surface area contributed by atoms with E-state index >= 15 is 0 Å². The number of aromatic nitrogens is 2. The van der Waals surface area contributed by atoms with Crippen LogP contribution < -0.4 is 0 Å². The molecule has 0 fully saturated rings. The van der Waals surface area contributed by atoms with Gasteiger partial charge < -0.3 is 0 Å². The molecule has 0 saturated heterocycles. The number of fused-ring (bicyclic) bond motifs is 1. The van der Waals surface area contributed by atoms with Crippen molar-refractivity contribution in [1.82, 2.24) is 9.55 Å². The van der Waals surface area contributed by atoms with Crippen molar-refractivity contribution in [2.75, 3.05) is 5.75 Å². The largest absolute Gasteiger partial charge is 0.273 e. The molecule has 0 amide bonds. The predicted molar refractivity (Wildman–Crippen MR) is 58.9 cm³/mol. The topological polar surface area (TPSA) is 34.9 Å². The van der Waals surface area contributed by atoms with Crippen molar-refractivity contribution in [2.45, 2.75) is 5.16 Å². The van der Waals surface area contributed by atoms with Gasteiger partial charge in [0.2, 0.25) is 5.91 Å². The maximum absolute atomic E-state index is 13.5. The second-order valence-corrected chi connectivity index (χ2v) is 4.50. The van der Waals surface area contributed by atoms with Crippen LogP contribution >= 0.6 is 11.8 Å². The molecule has 86 valence electrons. The summed E-state index contributed by atoms with van der Waals surface area (Å²) in [5.74, 6) is -1.17. The molecule has 1 aliphatic rings. The second kappa shape index (κ2) is 3.66. The van der Waals surface area contributed by atoms with Crippen molar-refractivity contribution in [3.8, 4) is 11.3 Å². The summed E-state index contributed by atoms with van der Waals surface area (Å²) in [6.45, 7) is 0. The molecule has 0 radical (unpaired) electrons. The van der Waals surface area contributed by atoms with Crippen LogP contribution in [0.5, 0.6) is 0 Å². The van der Waals surface area contributed by atoms with Gasteiger partial charge in [0.05, 0.1) is 17.0 Å². The molecular weight excluding hydrogens is 246 g/mol. The van der Waals surface area contributed by atoms with E-state index in [9.17, 15) is 13.6 Å². The van der Waals surface area contributed by atoms with E-state index in [1.54, 1.807) is 0 Å². The van der Waals surface area contributed by atoms with Crippen LogP contribution in [0, 0.1) is 11.6 Å². The molecule has 1 aromatic carbocycles. The van der Waals surface area contributed by atoms with Crippen LogP contribution in [0.2, 0.25) is 0 Å². The molecule has 0 bridgehead atoms. The molecule has 0 N–H and O–H groups in total. The van der Waals surface area contributed by atoms with Crippen molar-refractivity contribution in [3.05, 3.63) is 36.0 Å². The van der Waals surface area contributed by atoms with Crippen molar-refractivity contribution < 1.29 is 13.6 Å². The SMILES string of the molecule is O=C1CSc2nc(-c3c(F)cccc3F)cn21. The number of carbonyl (C=O) groups excluding carboxylic acids is 1. The van der Waals surface area contributed by atoms with E-state index in [0.29, 0.717) is 10.9 Å². The third kappa shape index (κ3) is 1.56. The van der Waals surface area contributed by atoms with Gasteiger partial charge in [0.25, 0.3) is 0 Å². The summed E-state index contributed by atoms with van der Waals surface area (Å²) in [7, 11) is 0. The zero-order valence-corrected chi connectivity index (χ0v) is 9.30. The van der Waals surface area contributed by atoms with Gasteiger partial charge in [0.1, 0.15) is 11.6 Å². The molecule has 2 heterocycles. The first-order valence-corrected chi connectivity index (χ1v) is 5.85. The van der Waals surface area contributed by atoms with Gasteiger partial charge in [-0.3, -0.25) is 9.36 Å². The summed E-state index contributed by atoms with van der Waals surface area (Å²) in [5.41, 5.74) is -0.0426. The van der Waals surface area contributed by atoms with Crippen LogP contribution in [0.25, 0.3) is 11.3 Å². The summed E-state index contributed by atoms with van der Waals surface area (Å²) < 4.78 is 28.4. The van der Waals surface area contributed by atoms with Crippen LogP contribution in [-0.4, -0.2) is 21.2 Å². The van der Waals surface area contributed by atoms with E-state index in [-0.39, 0.29) is 17.2 Å². The molecule has 0 atom stereocenters. The first-order valence-electron chi connectivity index (χ1n) is 4.86. The lowest BCUT2D eigenvalue weighted by molar-refractivity contribution is 0.0939. The van der Waals surface area contributed by atoms with E-state index in [0.717, 1.165) is 12.1 Å². The third-order valence-electron chi connectivity index (χ3n) is 2.49. The van der Waals surface area contributed by atoms with Gasteiger partial charge in [0, 0.05) is 6.20 Å². The molecule has 0 saturated carbocycles. The zero-order valence-electron chi connectivity index (χ0n) is 8.48. The summed E-state index contributed by atoms with van der Waals surface area (Å²) >= 11 is 1.26. The van der Waals surface area contributed by atoms with Crippen LogP contribution in [0.15, 0.2) is 29.6 Å². The molecule has 0 spiro atoms. The highest BCUT2D eigenvalue weighted by Crippen LogP contribution is 2.31. The van der Waals surface area contributed by atoms with Crippen LogP contribution in [0.3, 0.4) is 0 Å². The van der Waals surface area contributed by atoms with Crippen molar-refractivity contribution in [3.63, 3.8) is 0 Å². The maximum atomic E-state index is 13.5. The molecule has 3 nitrogen and oxygen atoms in total. The molecule has 0 unspecified atom stereocenters. The van der Waals surface area contributed by atoms with Gasteiger partial charge >= 0.3 is 0 Å². The zero-order chi connectivity index (χ0) is 12.0. The van der Waals surface area contributed by atoms with Crippen LogP contribution in [0.1, 0.15) is 4.79 Å². The van der Waals surface area contributed by atoms with Crippen molar-refractivity contribution in [1.29, 1.82) is 0 Å². The Balaban J connectivity index is 2.17. The lowest BCUT2D eigenvalue weighted by Crippen LogP contribution is -2.04. The minimum absolute atomic E-state index is 0.125. The molecular formula is C11H6F2N2OS. The van der Waals surface area contributed by atoms with E-state index in [4.69, 9.17) is 0 Å². The van der Waals surface area contributed by atoms with E-state index in [2.05, 4.69) is 4.98 Å². The van der Waals surface area contributed by atoms with Gasteiger partial charge in [0.15, 0.2) is 5.16 Å². The lowest BCUT2D eigenvalue weighted by atomic mass is 10.1. The summed E-state index contributed by atoms with van der Waals surface area (Å²) in [6, 6.07) is 3.62. The normalized spacial score (nSPS) is 14.1. The van der Waals surface area contributed by atoms with Crippen LogP contribution in [0.4, 0.5) is 8.78 Å². The molecule has 6 heteroatoms. The highest BCUT2D eigenvalue weighted by Gasteiger charge is 2.24. The fourth-order valence-electron chi connectivity index (χ4n) is 1.70. The van der Waals surface area contributed by atoms with Crippen molar-refractivity contribution >= 4 is 17.7 Å². The maximum Gasteiger partial charge on any atom is 0.243 e. The van der Waals surface area contributed by atoms with Gasteiger partial charge in [-0.1, -0.05) is 17.8 Å². The number of carbonyl (C=O) groups is 1. The third-order valence-corrected chi connectivity index (χ3v) is 3.42. The first kappa shape index (κ1) is 10.5. The minimum atomic E-state index is -0.681. The Bertz CT molecular complexity index is 604. The van der Waals surface area contributed by atoms with Crippen molar-refractivity contribution in [2.24, 2.45) is 0 Å². The van der Waals surface area contributed by atoms with E-state index in [1.165, 1.54) is 28.6 Å². The average Bonchev–Trinajstić information content (AvgIpc) is 2.82. The van der Waals surface area contributed by atoms with E-state index < -0.39 is 11.6 Å². The average molecular weight is 252 g/mol. The molecule has 2 aromatic rings. The smallest absolute Gasteiger partial charge is 0.243 e. The van der Waals surface area contributed by atoms with Gasteiger partial charge in [-0.15, -0.1) is 0 Å². The van der Waals surface area contributed by atoms with Gasteiger partial charge in [-0.2, -0.15) is 0 Å². The summed E-state index contributed by atoms with van der Waals surface area (Å²) in [4.78, 5) is 15.5. The number of halogens is 2. The second-order valence-electron chi connectivity index (χ2n) is 3.56. The van der Waals surface area contributed by atoms with Gasteiger partial charge in [-0.05, 0) is 12.1 Å². The molecule has 1 aliphatic heterocycles. The quantitative estimate of drug-likeness (QED) is 0.782. The Morgan fingerprint density at radius 1 is 1.29 bits per heavy atom. The Kier molecular flexibility index (Phi) is 2.25. The number of hydrogen-bond acceptors (Lipinski definition) is 3.